The van der Waals surface area contributed by atoms with E-state index in [4.69, 9.17) is 0 Å². The van der Waals surface area contributed by atoms with Crippen LogP contribution in [0, 0.1) is 18.7 Å². The van der Waals surface area contributed by atoms with Crippen LogP contribution in [0.5, 0.6) is 0 Å². The van der Waals surface area contributed by atoms with Crippen molar-refractivity contribution < 1.29 is 32.3 Å². The first-order chi connectivity index (χ1) is 16.6. The molecular formula is C26H28F4N2O3. The molecular weight excluding hydrogens is 464 g/mol. The third kappa shape index (κ3) is 5.19. The minimum Gasteiger partial charge on any atom is -0.481 e. The molecule has 2 heterocycles. The lowest BCUT2D eigenvalue weighted by Crippen LogP contribution is -2.45. The minimum atomic E-state index is -4.28. The predicted octanol–water partition coefficient (Wildman–Crippen LogP) is 5.34. The normalized spacial score (nSPS) is 23.5. The smallest absolute Gasteiger partial charge is 0.404 e. The van der Waals surface area contributed by atoms with E-state index in [1.54, 1.807) is 37.3 Å². The van der Waals surface area contributed by atoms with Gasteiger partial charge in [0.2, 0.25) is 0 Å². The van der Waals surface area contributed by atoms with Gasteiger partial charge in [-0.1, -0.05) is 36.4 Å². The number of amides is 1. The molecule has 2 aliphatic rings. The molecule has 188 valence electrons. The summed E-state index contributed by atoms with van der Waals surface area (Å²) in [7, 11) is 0. The fourth-order valence-corrected chi connectivity index (χ4v) is 5.38. The minimum absolute atomic E-state index is 0.0765. The summed E-state index contributed by atoms with van der Waals surface area (Å²) in [6.45, 7) is 2.41. The molecule has 0 radical (unpaired) electrons. The molecule has 5 nitrogen and oxygen atoms in total. The maximum absolute atomic E-state index is 14.6. The number of rotatable bonds is 5. The molecule has 4 rings (SSSR count). The molecule has 1 amide bonds. The highest BCUT2D eigenvalue weighted by molar-refractivity contribution is 5.96. The lowest BCUT2D eigenvalue weighted by atomic mass is 9.83. The number of benzene rings is 2. The van der Waals surface area contributed by atoms with Crippen molar-refractivity contribution in [3.63, 3.8) is 0 Å². The zero-order valence-corrected chi connectivity index (χ0v) is 19.4. The Kier molecular flexibility index (Phi) is 7.17. The molecule has 2 fully saturated rings. The van der Waals surface area contributed by atoms with Crippen molar-refractivity contribution in [2.24, 2.45) is 5.92 Å². The van der Waals surface area contributed by atoms with E-state index in [1.165, 1.54) is 21.9 Å². The Balaban J connectivity index is 1.61. The van der Waals surface area contributed by atoms with E-state index < -0.39 is 41.9 Å². The number of carbonyl (C=O) groups is 2. The van der Waals surface area contributed by atoms with Gasteiger partial charge in [0.15, 0.2) is 0 Å². The van der Waals surface area contributed by atoms with Gasteiger partial charge in [-0.15, -0.1) is 0 Å². The molecule has 0 bridgehead atoms. The molecule has 0 saturated carbocycles. The van der Waals surface area contributed by atoms with Crippen LogP contribution in [-0.2, 0) is 11.3 Å². The molecule has 1 N–H and O–H groups in total. The van der Waals surface area contributed by atoms with Crippen LogP contribution in [0.4, 0.5) is 17.6 Å². The van der Waals surface area contributed by atoms with Crippen LogP contribution in [0.3, 0.4) is 0 Å². The largest absolute Gasteiger partial charge is 0.481 e. The topological polar surface area (TPSA) is 60.9 Å². The molecule has 9 heteroatoms. The van der Waals surface area contributed by atoms with Gasteiger partial charge < -0.3 is 10.0 Å². The Morgan fingerprint density at radius 3 is 2.34 bits per heavy atom. The predicted molar refractivity (Wildman–Crippen MR) is 121 cm³/mol. The number of carboxylic acid groups (broad SMARTS) is 1. The van der Waals surface area contributed by atoms with Crippen molar-refractivity contribution in [1.82, 2.24) is 9.80 Å². The van der Waals surface area contributed by atoms with Gasteiger partial charge in [-0.3, -0.25) is 14.5 Å². The summed E-state index contributed by atoms with van der Waals surface area (Å²) < 4.78 is 54.4. The number of halogens is 4. The van der Waals surface area contributed by atoms with E-state index in [9.17, 15) is 32.3 Å². The zero-order chi connectivity index (χ0) is 25.3. The first-order valence-corrected chi connectivity index (χ1v) is 11.8. The maximum Gasteiger partial charge on any atom is 0.404 e. The van der Waals surface area contributed by atoms with E-state index in [-0.39, 0.29) is 25.1 Å². The van der Waals surface area contributed by atoms with Crippen molar-refractivity contribution in [3.05, 3.63) is 70.5 Å². The molecule has 35 heavy (non-hydrogen) atoms. The average molecular weight is 493 g/mol. The molecule has 2 saturated heterocycles. The fraction of sp³-hybridized carbons (Fsp3) is 0.462. The third-order valence-corrected chi connectivity index (χ3v) is 7.09. The van der Waals surface area contributed by atoms with Gasteiger partial charge >= 0.3 is 12.1 Å². The average Bonchev–Trinajstić information content (AvgIpc) is 3.28. The second-order valence-corrected chi connectivity index (χ2v) is 9.37. The molecule has 3 atom stereocenters. The van der Waals surface area contributed by atoms with Crippen molar-refractivity contribution in [1.29, 1.82) is 0 Å². The monoisotopic (exact) mass is 492 g/mol. The number of carbonyl (C=O) groups excluding carboxylic acids is 1. The van der Waals surface area contributed by atoms with E-state index in [1.807, 2.05) is 0 Å². The van der Waals surface area contributed by atoms with Gasteiger partial charge in [-0.25, -0.2) is 4.39 Å². The number of aliphatic carboxylic acids is 1. The molecule has 1 unspecified atom stereocenters. The van der Waals surface area contributed by atoms with Crippen LogP contribution < -0.4 is 0 Å². The molecule has 0 aliphatic carbocycles. The summed E-state index contributed by atoms with van der Waals surface area (Å²) in [6, 6.07) is 8.80. The van der Waals surface area contributed by atoms with Crippen molar-refractivity contribution in [2.75, 3.05) is 13.1 Å². The highest BCUT2D eigenvalue weighted by atomic mass is 19.4. The van der Waals surface area contributed by atoms with Crippen LogP contribution in [0.25, 0.3) is 0 Å². The Morgan fingerprint density at radius 2 is 1.71 bits per heavy atom. The number of nitrogens with zero attached hydrogens (tertiary/aromatic N) is 2. The van der Waals surface area contributed by atoms with E-state index in [0.29, 0.717) is 42.5 Å². The van der Waals surface area contributed by atoms with Crippen molar-refractivity contribution in [3.8, 4) is 0 Å². The number of hydrogen-bond acceptors (Lipinski definition) is 3. The third-order valence-electron chi connectivity index (χ3n) is 7.09. The van der Waals surface area contributed by atoms with Gasteiger partial charge in [0.1, 0.15) is 11.9 Å². The molecule has 2 aliphatic heterocycles. The van der Waals surface area contributed by atoms with Crippen LogP contribution in [0.1, 0.15) is 58.8 Å². The molecule has 2 aromatic carbocycles. The Bertz CT molecular complexity index is 1070. The number of hydrogen-bond donors (Lipinski definition) is 1. The maximum atomic E-state index is 14.6. The number of carboxylic acids is 1. The van der Waals surface area contributed by atoms with E-state index >= 15 is 0 Å². The molecule has 0 aromatic heterocycles. The second-order valence-electron chi connectivity index (χ2n) is 9.37. The first kappa shape index (κ1) is 25.2. The van der Waals surface area contributed by atoms with Crippen molar-refractivity contribution >= 4 is 11.9 Å². The van der Waals surface area contributed by atoms with Crippen LogP contribution in [0.15, 0.2) is 42.5 Å². The fourth-order valence-electron chi connectivity index (χ4n) is 5.38. The molecule has 2 aromatic rings. The standard InChI is InChI=1S/C26H28F4N2O3/c1-16-5-2-7-20(27)22(16)24(33)32-14-3-6-19(25(34)35)23(32)18-11-9-17(10-12-18)15-31-13-4-8-21(31)26(28,29)30/h2,5,7,9-12,19,21,23H,3-4,6,8,13-15H2,1H3,(H,34,35)/t19-,21?,23-/m0/s1. The Labute approximate surface area is 201 Å². The van der Waals surface area contributed by atoms with Crippen molar-refractivity contribution in [2.45, 2.75) is 57.4 Å². The summed E-state index contributed by atoms with van der Waals surface area (Å²) >= 11 is 0. The Morgan fingerprint density at radius 1 is 1.03 bits per heavy atom. The Hall–Kier alpha value is -2.94. The SMILES string of the molecule is Cc1cccc(F)c1C(=O)N1CCC[C@H](C(=O)O)[C@@H]1c1ccc(CN2CCCC2C(F)(F)F)cc1. The summed E-state index contributed by atoms with van der Waals surface area (Å²) in [5, 5.41) is 9.87. The summed E-state index contributed by atoms with van der Waals surface area (Å²) in [5.41, 5.74) is 1.63. The zero-order valence-electron chi connectivity index (χ0n) is 19.4. The number of aryl methyl sites for hydroxylation is 1. The van der Waals surface area contributed by atoms with Gasteiger partial charge in [-0.05, 0) is 61.9 Å². The second kappa shape index (κ2) is 9.97. The van der Waals surface area contributed by atoms with E-state index in [2.05, 4.69) is 0 Å². The van der Waals surface area contributed by atoms with Crippen LogP contribution in [-0.4, -0.2) is 52.1 Å². The summed E-state index contributed by atoms with van der Waals surface area (Å²) in [4.78, 5) is 28.3. The summed E-state index contributed by atoms with van der Waals surface area (Å²) in [5.74, 6) is -3.15. The van der Waals surface area contributed by atoms with E-state index in [0.717, 1.165) is 0 Å². The van der Waals surface area contributed by atoms with Gasteiger partial charge in [-0.2, -0.15) is 13.2 Å². The van der Waals surface area contributed by atoms with Gasteiger partial charge in [0.25, 0.3) is 5.91 Å². The van der Waals surface area contributed by atoms with Crippen LogP contribution in [0.2, 0.25) is 0 Å². The number of likely N-dealkylation sites (tertiary alicyclic amines) is 2. The highest BCUT2D eigenvalue weighted by Gasteiger charge is 2.45. The van der Waals surface area contributed by atoms with Gasteiger partial charge in [0.05, 0.1) is 17.5 Å². The first-order valence-electron chi connectivity index (χ1n) is 11.8. The lowest BCUT2D eigenvalue weighted by molar-refractivity contribution is -0.177. The molecule has 0 spiro atoms. The quantitative estimate of drug-likeness (QED) is 0.573. The number of piperidine rings is 1. The lowest BCUT2D eigenvalue weighted by Gasteiger charge is -2.40. The summed E-state index contributed by atoms with van der Waals surface area (Å²) in [6.07, 6.45) is -2.88. The van der Waals surface area contributed by atoms with Gasteiger partial charge in [0, 0.05) is 13.1 Å². The van der Waals surface area contributed by atoms with Crippen LogP contribution >= 0.6 is 0 Å². The number of alkyl halides is 3. The highest BCUT2D eigenvalue weighted by Crippen LogP contribution is 2.38.